The van der Waals surface area contributed by atoms with Gasteiger partial charge in [-0.05, 0) is 47.5 Å². The van der Waals surface area contributed by atoms with E-state index in [0.717, 1.165) is 19.3 Å². The van der Waals surface area contributed by atoms with E-state index in [2.05, 4.69) is 31.3 Å². The van der Waals surface area contributed by atoms with E-state index < -0.39 is 41.3 Å². The number of halogens is 6. The quantitative estimate of drug-likeness (QED) is 0.0668. The Morgan fingerprint density at radius 1 is 1.13 bits per heavy atom. The fraction of sp³-hybridized carbons (Fsp3) is 0.207. The first-order chi connectivity index (χ1) is 21.2. The standard InChI is InChI=1S/C29H21F6N7O3/c1-3-4-21(39-41-36)27(44)38-19-7-5-16(6-8-19)15-45-23-10-9-20(22-12-24(29(33,34)35)42(2)40-22)26(43)25(23)17-11-18(14-37-13-17)28(30,31)32/h1,5-14,21,43H,4,15H2,2H3,(H,38,44). The molecule has 45 heavy (non-hydrogen) atoms. The maximum absolute atomic E-state index is 13.5. The zero-order chi connectivity index (χ0) is 32.9. The molecule has 0 aliphatic carbocycles. The number of amides is 1. The van der Waals surface area contributed by atoms with Gasteiger partial charge in [0.15, 0.2) is 0 Å². The van der Waals surface area contributed by atoms with Gasteiger partial charge in [-0.15, -0.1) is 12.3 Å². The first kappa shape index (κ1) is 32.2. The van der Waals surface area contributed by atoms with E-state index in [0.29, 0.717) is 28.2 Å². The van der Waals surface area contributed by atoms with Crippen LogP contribution in [-0.4, -0.2) is 31.8 Å². The first-order valence-corrected chi connectivity index (χ1v) is 12.7. The van der Waals surface area contributed by atoms with Crippen molar-refractivity contribution in [1.82, 2.24) is 14.8 Å². The fourth-order valence-electron chi connectivity index (χ4n) is 4.21. The number of rotatable bonds is 9. The Morgan fingerprint density at radius 2 is 1.84 bits per heavy atom. The summed E-state index contributed by atoms with van der Waals surface area (Å²) in [4.78, 5) is 18.5. The Morgan fingerprint density at radius 3 is 2.44 bits per heavy atom. The Kier molecular flexibility index (Phi) is 9.24. The molecule has 4 rings (SSSR count). The molecule has 1 amide bonds. The maximum Gasteiger partial charge on any atom is 0.433 e. The van der Waals surface area contributed by atoms with Crippen LogP contribution in [0.3, 0.4) is 0 Å². The smallest absolute Gasteiger partial charge is 0.433 e. The number of hydrogen-bond donors (Lipinski definition) is 2. The molecular weight excluding hydrogens is 608 g/mol. The number of aryl methyl sites for hydroxylation is 1. The van der Waals surface area contributed by atoms with Gasteiger partial charge in [-0.1, -0.05) is 17.2 Å². The second-order valence-corrected chi connectivity index (χ2v) is 9.43. The summed E-state index contributed by atoms with van der Waals surface area (Å²) in [6.45, 7) is -0.174. The van der Waals surface area contributed by atoms with Crippen molar-refractivity contribution in [2.45, 2.75) is 31.4 Å². The van der Waals surface area contributed by atoms with Crippen molar-refractivity contribution in [2.75, 3.05) is 5.32 Å². The highest BCUT2D eigenvalue weighted by Crippen LogP contribution is 2.45. The molecule has 2 aromatic carbocycles. The molecule has 4 aromatic rings. The SMILES string of the molecule is C#CCC(N=[N+]=[N-])C(=O)Nc1ccc(COc2ccc(-c3cc(C(F)(F)F)n(C)n3)c(O)c2-c2cncc(C(F)(F)F)c2)cc1. The van der Waals surface area contributed by atoms with Crippen molar-refractivity contribution >= 4 is 11.6 Å². The van der Waals surface area contributed by atoms with Crippen molar-refractivity contribution in [1.29, 1.82) is 0 Å². The molecular formula is C29H21F6N7O3. The Balaban J connectivity index is 1.67. The van der Waals surface area contributed by atoms with Crippen LogP contribution in [0.25, 0.3) is 32.8 Å². The first-order valence-electron chi connectivity index (χ1n) is 12.7. The van der Waals surface area contributed by atoms with E-state index in [1.165, 1.54) is 24.3 Å². The Bertz CT molecular complexity index is 1810. The number of pyridine rings is 1. The minimum absolute atomic E-state index is 0.103. The monoisotopic (exact) mass is 629 g/mol. The lowest BCUT2D eigenvalue weighted by Crippen LogP contribution is -2.25. The number of phenolic OH excluding ortho intramolecular Hbond substituents is 1. The highest BCUT2D eigenvalue weighted by atomic mass is 19.4. The molecule has 0 spiro atoms. The van der Waals surface area contributed by atoms with Gasteiger partial charge in [0.25, 0.3) is 0 Å². The molecule has 0 aliphatic rings. The molecule has 1 unspecified atom stereocenters. The summed E-state index contributed by atoms with van der Waals surface area (Å²) in [5, 5.41) is 20.9. The molecule has 0 saturated heterocycles. The van der Waals surface area contributed by atoms with Crippen LogP contribution in [0.5, 0.6) is 11.5 Å². The van der Waals surface area contributed by atoms with E-state index in [4.69, 9.17) is 16.7 Å². The van der Waals surface area contributed by atoms with Gasteiger partial charge in [0, 0.05) is 47.6 Å². The van der Waals surface area contributed by atoms with Crippen LogP contribution in [-0.2, 0) is 30.8 Å². The second kappa shape index (κ2) is 12.9. The number of ether oxygens (including phenoxy) is 1. The van der Waals surface area contributed by atoms with Crippen molar-refractivity contribution in [2.24, 2.45) is 12.2 Å². The van der Waals surface area contributed by atoms with E-state index in [1.54, 1.807) is 12.1 Å². The van der Waals surface area contributed by atoms with Crippen LogP contribution >= 0.6 is 0 Å². The number of hydrogen-bond acceptors (Lipinski definition) is 6. The molecule has 2 heterocycles. The third-order valence-electron chi connectivity index (χ3n) is 6.36. The molecule has 16 heteroatoms. The number of aromatic hydroxyl groups is 1. The van der Waals surface area contributed by atoms with Crippen molar-refractivity contribution in [3.8, 4) is 46.2 Å². The highest BCUT2D eigenvalue weighted by Gasteiger charge is 2.36. The van der Waals surface area contributed by atoms with Gasteiger partial charge in [0.05, 0.1) is 16.8 Å². The van der Waals surface area contributed by atoms with Gasteiger partial charge in [-0.25, -0.2) is 0 Å². The third kappa shape index (κ3) is 7.46. The fourth-order valence-corrected chi connectivity index (χ4v) is 4.21. The molecule has 2 aromatic heterocycles. The number of aromatic nitrogens is 3. The minimum atomic E-state index is -4.78. The van der Waals surface area contributed by atoms with Crippen LogP contribution in [0, 0.1) is 12.3 Å². The number of nitrogens with zero attached hydrogens (tertiary/aromatic N) is 6. The third-order valence-corrected chi connectivity index (χ3v) is 6.36. The molecule has 0 fully saturated rings. The normalized spacial score (nSPS) is 12.1. The summed E-state index contributed by atoms with van der Waals surface area (Å²) in [5.41, 5.74) is 6.31. The molecule has 0 bridgehead atoms. The van der Waals surface area contributed by atoms with Gasteiger partial charge in [-0.2, -0.15) is 31.4 Å². The molecule has 0 radical (unpaired) electrons. The van der Waals surface area contributed by atoms with Crippen molar-refractivity contribution in [3.63, 3.8) is 0 Å². The molecule has 232 valence electrons. The predicted octanol–water partition coefficient (Wildman–Crippen LogP) is 7.11. The maximum atomic E-state index is 13.5. The topological polar surface area (TPSA) is 138 Å². The number of nitrogens with one attached hydrogen (secondary N) is 1. The van der Waals surface area contributed by atoms with Gasteiger partial charge in [0.2, 0.25) is 5.91 Å². The van der Waals surface area contributed by atoms with Crippen LogP contribution in [0.2, 0.25) is 0 Å². The lowest BCUT2D eigenvalue weighted by molar-refractivity contribution is -0.143. The van der Waals surface area contributed by atoms with Gasteiger partial charge < -0.3 is 15.2 Å². The number of phenols is 1. The summed E-state index contributed by atoms with van der Waals surface area (Å²) < 4.78 is 87.0. The summed E-state index contributed by atoms with van der Waals surface area (Å²) in [6, 6.07) is 8.96. The predicted molar refractivity (Wildman–Crippen MR) is 149 cm³/mol. The van der Waals surface area contributed by atoms with Crippen molar-refractivity contribution in [3.05, 3.63) is 88.2 Å². The molecule has 1 atom stereocenters. The summed E-state index contributed by atoms with van der Waals surface area (Å²) in [5.74, 6) is 0.835. The summed E-state index contributed by atoms with van der Waals surface area (Å²) >= 11 is 0. The summed E-state index contributed by atoms with van der Waals surface area (Å²) in [6.07, 6.45) is -2.82. The van der Waals surface area contributed by atoms with Crippen LogP contribution in [0.15, 0.2) is 66.0 Å². The number of anilines is 1. The van der Waals surface area contributed by atoms with E-state index >= 15 is 0 Å². The second-order valence-electron chi connectivity index (χ2n) is 9.43. The van der Waals surface area contributed by atoms with E-state index in [9.17, 15) is 36.2 Å². The molecule has 2 N–H and O–H groups in total. The summed E-state index contributed by atoms with van der Waals surface area (Å²) in [7, 11) is 1.06. The Labute approximate surface area is 250 Å². The number of terminal acetylenes is 1. The van der Waals surface area contributed by atoms with Crippen molar-refractivity contribution < 1.29 is 41.0 Å². The number of alkyl halides is 6. The van der Waals surface area contributed by atoms with Crippen LogP contribution in [0.1, 0.15) is 23.2 Å². The average molecular weight is 630 g/mol. The Hall–Kier alpha value is -5.68. The van der Waals surface area contributed by atoms with Crippen LogP contribution < -0.4 is 10.1 Å². The number of carbonyl (C=O) groups is 1. The van der Waals surface area contributed by atoms with E-state index in [1.807, 2.05) is 0 Å². The lowest BCUT2D eigenvalue weighted by atomic mass is 9.98. The average Bonchev–Trinajstić information content (AvgIpc) is 3.38. The van der Waals surface area contributed by atoms with Gasteiger partial charge in [0.1, 0.15) is 29.8 Å². The number of benzene rings is 2. The number of carbonyl (C=O) groups excluding carboxylic acids is 1. The number of azide groups is 1. The molecule has 0 saturated carbocycles. The highest BCUT2D eigenvalue weighted by molar-refractivity contribution is 5.95. The zero-order valence-electron chi connectivity index (χ0n) is 23.1. The van der Waals surface area contributed by atoms with E-state index in [-0.39, 0.29) is 41.2 Å². The lowest BCUT2D eigenvalue weighted by Gasteiger charge is -2.17. The van der Waals surface area contributed by atoms with Crippen LogP contribution in [0.4, 0.5) is 32.0 Å². The van der Waals surface area contributed by atoms with Gasteiger partial charge >= 0.3 is 12.4 Å². The minimum Gasteiger partial charge on any atom is -0.506 e. The molecule has 10 nitrogen and oxygen atoms in total. The molecule has 0 aliphatic heterocycles. The largest absolute Gasteiger partial charge is 0.506 e. The zero-order valence-corrected chi connectivity index (χ0v) is 23.1. The van der Waals surface area contributed by atoms with Gasteiger partial charge in [-0.3, -0.25) is 14.5 Å².